The van der Waals surface area contributed by atoms with Crippen LogP contribution < -0.4 is 5.14 Å². The summed E-state index contributed by atoms with van der Waals surface area (Å²) in [6.45, 7) is 1.04. The Morgan fingerprint density at radius 2 is 2.23 bits per heavy atom. The first-order chi connectivity index (χ1) is 10.4. The predicted molar refractivity (Wildman–Crippen MR) is 82.5 cm³/mol. The van der Waals surface area contributed by atoms with Gasteiger partial charge in [0.25, 0.3) is 0 Å². The Balaban J connectivity index is 1.60. The molecule has 1 aromatic carbocycles. The highest BCUT2D eigenvalue weighted by molar-refractivity contribution is 7.89. The number of H-pyrrole nitrogens is 1. The number of nitrogens with one attached hydrogen (secondary N) is 1. The number of rotatable bonds is 5. The number of primary sulfonamides is 1. The second-order valence-corrected chi connectivity index (χ2v) is 7.44. The molecule has 1 aromatic heterocycles. The van der Waals surface area contributed by atoms with Crippen LogP contribution in [-0.2, 0) is 21.2 Å². The summed E-state index contributed by atoms with van der Waals surface area (Å²) < 4.78 is 22.2. The van der Waals surface area contributed by atoms with E-state index in [9.17, 15) is 13.2 Å². The van der Waals surface area contributed by atoms with Gasteiger partial charge in [0.1, 0.15) is 0 Å². The van der Waals surface area contributed by atoms with E-state index in [1.165, 1.54) is 0 Å². The van der Waals surface area contributed by atoms with Crippen molar-refractivity contribution in [2.24, 2.45) is 11.1 Å². The molecule has 1 aliphatic heterocycles. The monoisotopic (exact) mass is 322 g/mol. The Kier molecular flexibility index (Phi) is 3.88. The summed E-state index contributed by atoms with van der Waals surface area (Å²) >= 11 is 0. The third-order valence-electron chi connectivity index (χ3n) is 3.94. The van der Waals surface area contributed by atoms with Gasteiger partial charge in [-0.25, -0.2) is 13.6 Å². The van der Waals surface area contributed by atoms with Crippen LogP contribution in [0.3, 0.4) is 0 Å². The van der Waals surface area contributed by atoms with Gasteiger partial charge in [0.2, 0.25) is 15.9 Å². The molecule has 118 valence electrons. The number of carbonyl (C=O) groups is 1. The minimum absolute atomic E-state index is 0.00346. The highest BCUT2D eigenvalue weighted by Gasteiger charge is 2.31. The molecule has 0 aliphatic carbocycles. The fourth-order valence-corrected chi connectivity index (χ4v) is 3.79. The zero-order valence-electron chi connectivity index (χ0n) is 12.0. The summed E-state index contributed by atoms with van der Waals surface area (Å²) in [4.78, 5) is 13.7. The van der Waals surface area contributed by atoms with Gasteiger partial charge in [-0.3, -0.25) is 9.89 Å². The van der Waals surface area contributed by atoms with Gasteiger partial charge in [0.15, 0.2) is 0 Å². The van der Waals surface area contributed by atoms with Crippen molar-refractivity contribution in [3.8, 4) is 0 Å². The molecule has 1 fully saturated rings. The van der Waals surface area contributed by atoms with E-state index in [0.717, 1.165) is 22.9 Å². The first-order valence-electron chi connectivity index (χ1n) is 7.11. The van der Waals surface area contributed by atoms with Crippen molar-refractivity contribution in [2.75, 3.05) is 18.8 Å². The molecule has 22 heavy (non-hydrogen) atoms. The van der Waals surface area contributed by atoms with Crippen LogP contribution in [0.1, 0.15) is 12.0 Å². The Morgan fingerprint density at radius 3 is 3.00 bits per heavy atom. The third kappa shape index (κ3) is 3.45. The number of hydrogen-bond donors (Lipinski definition) is 2. The molecule has 3 N–H and O–H groups in total. The fourth-order valence-electron chi connectivity index (χ4n) is 2.91. The molecule has 3 rings (SSSR count). The number of fused-ring (bicyclic) bond motifs is 1. The molecular weight excluding hydrogens is 304 g/mol. The van der Waals surface area contributed by atoms with Crippen molar-refractivity contribution in [3.63, 3.8) is 0 Å². The number of sulfonamides is 1. The second-order valence-electron chi connectivity index (χ2n) is 5.78. The van der Waals surface area contributed by atoms with Crippen molar-refractivity contribution in [1.29, 1.82) is 0 Å². The van der Waals surface area contributed by atoms with E-state index in [4.69, 9.17) is 5.14 Å². The summed E-state index contributed by atoms with van der Waals surface area (Å²) in [7, 11) is -3.53. The van der Waals surface area contributed by atoms with Crippen LogP contribution in [0, 0.1) is 5.92 Å². The van der Waals surface area contributed by atoms with Crippen LogP contribution in [0.15, 0.2) is 24.4 Å². The number of carbonyl (C=O) groups excluding carboxylic acids is 1. The van der Waals surface area contributed by atoms with Gasteiger partial charge in [0.05, 0.1) is 17.5 Å². The number of nitrogens with zero attached hydrogens (tertiary/aromatic N) is 2. The Morgan fingerprint density at radius 1 is 1.41 bits per heavy atom. The summed E-state index contributed by atoms with van der Waals surface area (Å²) in [6.07, 6.45) is 2.75. The molecule has 0 spiro atoms. The lowest BCUT2D eigenvalue weighted by Gasteiger charge is -2.16. The standard InChI is InChI=1S/C14H18N4O3S/c15-22(20,21)9-11-6-14(19)18(8-11)4-3-10-1-2-12-7-16-17-13(12)5-10/h1-2,5,7,11H,3-4,6,8-9H2,(H,16,17)(H2,15,20,21). The molecular formula is C14H18N4O3S. The molecule has 1 amide bonds. The molecule has 0 saturated carbocycles. The fraction of sp³-hybridized carbons (Fsp3) is 0.429. The van der Waals surface area contributed by atoms with E-state index in [1.54, 1.807) is 11.1 Å². The summed E-state index contributed by atoms with van der Waals surface area (Å²) in [6, 6.07) is 6.02. The topological polar surface area (TPSA) is 109 Å². The van der Waals surface area contributed by atoms with Gasteiger partial charge in [0, 0.05) is 30.8 Å². The number of likely N-dealkylation sites (tertiary alicyclic amines) is 1. The summed E-state index contributed by atoms with van der Waals surface area (Å²) in [5.41, 5.74) is 2.08. The maximum Gasteiger partial charge on any atom is 0.222 e. The van der Waals surface area contributed by atoms with Crippen LogP contribution in [0.25, 0.3) is 10.9 Å². The zero-order chi connectivity index (χ0) is 15.7. The SMILES string of the molecule is NS(=O)(=O)CC1CC(=O)N(CCc2ccc3cn[nH]c3c2)C1. The van der Waals surface area contributed by atoms with Crippen LogP contribution in [-0.4, -0.2) is 48.3 Å². The Hall–Kier alpha value is -1.93. The molecule has 1 atom stereocenters. The number of aromatic nitrogens is 2. The molecule has 8 heteroatoms. The van der Waals surface area contributed by atoms with Crippen LogP contribution in [0.2, 0.25) is 0 Å². The van der Waals surface area contributed by atoms with E-state index in [1.807, 2.05) is 18.2 Å². The minimum Gasteiger partial charge on any atom is -0.342 e. The maximum atomic E-state index is 11.9. The van der Waals surface area contributed by atoms with E-state index in [-0.39, 0.29) is 24.0 Å². The number of hydrogen-bond acceptors (Lipinski definition) is 4. The van der Waals surface area contributed by atoms with Gasteiger partial charge >= 0.3 is 0 Å². The van der Waals surface area contributed by atoms with Gasteiger partial charge in [-0.1, -0.05) is 12.1 Å². The van der Waals surface area contributed by atoms with E-state index < -0.39 is 10.0 Å². The zero-order valence-corrected chi connectivity index (χ0v) is 12.8. The lowest BCUT2D eigenvalue weighted by molar-refractivity contribution is -0.127. The van der Waals surface area contributed by atoms with Gasteiger partial charge in [-0.15, -0.1) is 0 Å². The molecule has 1 aliphatic rings. The quantitative estimate of drug-likeness (QED) is 0.822. The molecule has 1 saturated heterocycles. The Labute approximate surface area is 128 Å². The second kappa shape index (κ2) is 5.69. The van der Waals surface area contributed by atoms with Crippen LogP contribution in [0.5, 0.6) is 0 Å². The first-order valence-corrected chi connectivity index (χ1v) is 8.82. The number of amides is 1. The lowest BCUT2D eigenvalue weighted by Crippen LogP contribution is -2.29. The van der Waals surface area contributed by atoms with Gasteiger partial charge in [-0.2, -0.15) is 5.10 Å². The summed E-state index contributed by atoms with van der Waals surface area (Å²) in [5, 5.41) is 13.0. The van der Waals surface area contributed by atoms with Crippen molar-refractivity contribution < 1.29 is 13.2 Å². The van der Waals surface area contributed by atoms with Crippen molar-refractivity contribution in [3.05, 3.63) is 30.0 Å². The molecule has 2 heterocycles. The maximum absolute atomic E-state index is 11.9. The predicted octanol–water partition coefficient (Wildman–Crippen LogP) is 0.242. The van der Waals surface area contributed by atoms with Gasteiger partial charge in [-0.05, 0) is 18.1 Å². The first kappa shape index (κ1) is 15.0. The van der Waals surface area contributed by atoms with E-state index >= 15 is 0 Å². The molecule has 2 aromatic rings. The molecule has 0 bridgehead atoms. The highest BCUT2D eigenvalue weighted by atomic mass is 32.2. The van der Waals surface area contributed by atoms with Crippen LogP contribution >= 0.6 is 0 Å². The average molecular weight is 322 g/mol. The highest BCUT2D eigenvalue weighted by Crippen LogP contribution is 2.20. The molecule has 0 radical (unpaired) electrons. The minimum atomic E-state index is -3.53. The molecule has 7 nitrogen and oxygen atoms in total. The Bertz CT molecular complexity index is 799. The number of benzene rings is 1. The van der Waals surface area contributed by atoms with Gasteiger partial charge < -0.3 is 4.90 Å². The van der Waals surface area contributed by atoms with Crippen molar-refractivity contribution in [1.82, 2.24) is 15.1 Å². The number of aromatic amines is 1. The van der Waals surface area contributed by atoms with Crippen molar-refractivity contribution >= 4 is 26.8 Å². The van der Waals surface area contributed by atoms with Crippen molar-refractivity contribution in [2.45, 2.75) is 12.8 Å². The number of nitrogens with two attached hydrogens (primary N) is 1. The lowest BCUT2D eigenvalue weighted by atomic mass is 10.1. The van der Waals surface area contributed by atoms with Crippen LogP contribution in [0.4, 0.5) is 0 Å². The smallest absolute Gasteiger partial charge is 0.222 e. The molecule has 1 unspecified atom stereocenters. The van der Waals surface area contributed by atoms with E-state index in [0.29, 0.717) is 13.1 Å². The average Bonchev–Trinajstić information content (AvgIpc) is 3.00. The normalized spacial score (nSPS) is 19.2. The van der Waals surface area contributed by atoms with E-state index in [2.05, 4.69) is 10.2 Å². The summed E-state index contributed by atoms with van der Waals surface area (Å²) in [5.74, 6) is -0.330. The third-order valence-corrected chi connectivity index (χ3v) is 4.88. The largest absolute Gasteiger partial charge is 0.342 e.